The summed E-state index contributed by atoms with van der Waals surface area (Å²) >= 11 is 0. The largest absolute Gasteiger partial charge is 0.347 e. The molecule has 3 heterocycles. The summed E-state index contributed by atoms with van der Waals surface area (Å²) in [6.07, 6.45) is 5.23. The number of carbonyl (C=O) groups is 2. The van der Waals surface area contributed by atoms with Gasteiger partial charge in [-0.3, -0.25) is 14.3 Å². The van der Waals surface area contributed by atoms with Crippen molar-refractivity contribution in [2.45, 2.75) is 38.9 Å². The monoisotopic (exact) mass is 407 g/mol. The summed E-state index contributed by atoms with van der Waals surface area (Å²) in [6.45, 7) is 3.49. The Kier molecular flexibility index (Phi) is 5.60. The number of rotatable bonds is 6. The number of carbonyl (C=O) groups excluding carboxylic acids is 2. The fraction of sp³-hybridized carbons (Fsp3) is 0.381. The third-order valence-electron chi connectivity index (χ3n) is 5.35. The van der Waals surface area contributed by atoms with Crippen LogP contribution in [-0.4, -0.2) is 54.1 Å². The average molecular weight is 407 g/mol. The van der Waals surface area contributed by atoms with Crippen LogP contribution < -0.4 is 5.32 Å². The van der Waals surface area contributed by atoms with E-state index in [4.69, 9.17) is 0 Å². The number of aromatic nitrogens is 5. The zero-order valence-corrected chi connectivity index (χ0v) is 17.2. The first kappa shape index (κ1) is 19.8. The number of hydrogen-bond donors (Lipinski definition) is 1. The second-order valence-corrected chi connectivity index (χ2v) is 7.59. The minimum atomic E-state index is -0.268. The van der Waals surface area contributed by atoms with E-state index in [9.17, 15) is 9.59 Å². The summed E-state index contributed by atoms with van der Waals surface area (Å²) in [7, 11) is 1.81. The van der Waals surface area contributed by atoms with Crippen LogP contribution in [0.3, 0.4) is 0 Å². The van der Waals surface area contributed by atoms with Crippen LogP contribution in [0.25, 0.3) is 0 Å². The Hall–Kier alpha value is -3.49. The van der Waals surface area contributed by atoms with Crippen LogP contribution in [0.15, 0.2) is 42.7 Å². The number of aryl methyl sites for hydroxylation is 2. The van der Waals surface area contributed by atoms with E-state index >= 15 is 0 Å². The van der Waals surface area contributed by atoms with E-state index in [-0.39, 0.29) is 23.6 Å². The van der Waals surface area contributed by atoms with Crippen LogP contribution in [-0.2, 0) is 20.1 Å². The Morgan fingerprint density at radius 2 is 2.00 bits per heavy atom. The molecule has 2 amide bonds. The van der Waals surface area contributed by atoms with Crippen molar-refractivity contribution in [1.29, 1.82) is 0 Å². The maximum absolute atomic E-state index is 13.0. The van der Waals surface area contributed by atoms with Crippen LogP contribution in [0, 0.1) is 6.92 Å². The SMILES string of the molecule is Cc1nn(C)cc1C(=O)N1CCCC1Cn1cc(C(=O)NCc2ccccc2)nn1. The first-order valence-corrected chi connectivity index (χ1v) is 10.0. The van der Waals surface area contributed by atoms with Gasteiger partial charge >= 0.3 is 0 Å². The quantitative estimate of drug-likeness (QED) is 0.669. The molecule has 1 aromatic carbocycles. The first-order valence-electron chi connectivity index (χ1n) is 10.0. The summed E-state index contributed by atoms with van der Waals surface area (Å²) in [5, 5.41) is 15.2. The maximum atomic E-state index is 13.0. The predicted molar refractivity (Wildman–Crippen MR) is 110 cm³/mol. The van der Waals surface area contributed by atoms with E-state index in [1.54, 1.807) is 21.8 Å². The van der Waals surface area contributed by atoms with E-state index in [2.05, 4.69) is 20.7 Å². The van der Waals surface area contributed by atoms with Gasteiger partial charge in [0.25, 0.3) is 11.8 Å². The van der Waals surface area contributed by atoms with Crippen LogP contribution >= 0.6 is 0 Å². The lowest BCUT2D eigenvalue weighted by atomic mass is 10.2. The minimum Gasteiger partial charge on any atom is -0.347 e. The van der Waals surface area contributed by atoms with Crippen molar-refractivity contribution in [2.24, 2.45) is 7.05 Å². The van der Waals surface area contributed by atoms with Crippen molar-refractivity contribution in [3.05, 3.63) is 65.2 Å². The Bertz CT molecular complexity index is 1040. The molecule has 1 aliphatic rings. The molecule has 0 aliphatic carbocycles. The zero-order chi connectivity index (χ0) is 21.1. The highest BCUT2D eigenvalue weighted by Crippen LogP contribution is 2.22. The molecule has 1 saturated heterocycles. The summed E-state index contributed by atoms with van der Waals surface area (Å²) in [4.78, 5) is 27.2. The number of nitrogens with zero attached hydrogens (tertiary/aromatic N) is 6. The number of likely N-dealkylation sites (tertiary alicyclic amines) is 1. The molecular weight excluding hydrogens is 382 g/mol. The van der Waals surface area contributed by atoms with E-state index in [1.165, 1.54) is 0 Å². The van der Waals surface area contributed by atoms with Gasteiger partial charge in [-0.15, -0.1) is 5.10 Å². The van der Waals surface area contributed by atoms with Crippen molar-refractivity contribution in [2.75, 3.05) is 6.54 Å². The molecule has 2 aromatic heterocycles. The molecule has 9 heteroatoms. The van der Waals surface area contributed by atoms with Gasteiger partial charge in [0.05, 0.1) is 30.0 Å². The molecule has 4 rings (SSSR count). The maximum Gasteiger partial charge on any atom is 0.273 e. The van der Waals surface area contributed by atoms with Crippen molar-refractivity contribution in [3.63, 3.8) is 0 Å². The lowest BCUT2D eigenvalue weighted by molar-refractivity contribution is 0.0720. The third-order valence-corrected chi connectivity index (χ3v) is 5.35. The molecular formula is C21H25N7O2. The molecule has 0 bridgehead atoms. The number of amides is 2. The van der Waals surface area contributed by atoms with Crippen molar-refractivity contribution in [1.82, 2.24) is 35.0 Å². The van der Waals surface area contributed by atoms with Crippen molar-refractivity contribution >= 4 is 11.8 Å². The molecule has 1 fully saturated rings. The highest BCUT2D eigenvalue weighted by molar-refractivity contribution is 5.95. The van der Waals surface area contributed by atoms with Gasteiger partial charge in [0.1, 0.15) is 0 Å². The highest BCUT2D eigenvalue weighted by atomic mass is 16.2. The van der Waals surface area contributed by atoms with Crippen LogP contribution in [0.1, 0.15) is 44.9 Å². The van der Waals surface area contributed by atoms with Gasteiger partial charge in [-0.2, -0.15) is 5.10 Å². The molecule has 9 nitrogen and oxygen atoms in total. The lowest BCUT2D eigenvalue weighted by Gasteiger charge is -2.24. The number of benzene rings is 1. The molecule has 1 unspecified atom stereocenters. The number of nitrogens with one attached hydrogen (secondary N) is 1. The van der Waals surface area contributed by atoms with Crippen molar-refractivity contribution in [3.8, 4) is 0 Å². The molecule has 1 aliphatic heterocycles. The second kappa shape index (κ2) is 8.48. The second-order valence-electron chi connectivity index (χ2n) is 7.59. The van der Waals surface area contributed by atoms with Crippen LogP contribution in [0.5, 0.6) is 0 Å². The Morgan fingerprint density at radius 3 is 2.73 bits per heavy atom. The molecule has 156 valence electrons. The van der Waals surface area contributed by atoms with E-state index in [1.807, 2.05) is 49.2 Å². The smallest absolute Gasteiger partial charge is 0.273 e. The van der Waals surface area contributed by atoms with Gasteiger partial charge in [0.2, 0.25) is 0 Å². The van der Waals surface area contributed by atoms with Gasteiger partial charge in [-0.1, -0.05) is 35.5 Å². The predicted octanol–water partition coefficient (Wildman–Crippen LogP) is 1.55. The fourth-order valence-corrected chi connectivity index (χ4v) is 3.83. The van der Waals surface area contributed by atoms with Crippen LogP contribution in [0.2, 0.25) is 0 Å². The molecule has 3 aromatic rings. The van der Waals surface area contributed by atoms with Gasteiger partial charge in [-0.25, -0.2) is 4.68 Å². The molecule has 0 saturated carbocycles. The molecule has 1 N–H and O–H groups in total. The zero-order valence-electron chi connectivity index (χ0n) is 17.2. The average Bonchev–Trinajstić information content (AvgIpc) is 3.47. The summed E-state index contributed by atoms with van der Waals surface area (Å²) < 4.78 is 3.30. The highest BCUT2D eigenvalue weighted by Gasteiger charge is 2.31. The topological polar surface area (TPSA) is 97.9 Å². The van der Waals surface area contributed by atoms with Crippen LogP contribution in [0.4, 0.5) is 0 Å². The molecule has 0 radical (unpaired) electrons. The van der Waals surface area contributed by atoms with Gasteiger partial charge < -0.3 is 10.2 Å². The minimum absolute atomic E-state index is 0.0101. The summed E-state index contributed by atoms with van der Waals surface area (Å²) in [5.41, 5.74) is 2.64. The standard InChI is InChI=1S/C21H25N7O2/c1-15-18(13-26(2)24-15)21(30)28-10-6-9-17(28)12-27-14-19(23-25-27)20(29)22-11-16-7-4-3-5-8-16/h3-5,7-8,13-14,17H,6,9-12H2,1-2H3,(H,22,29). The molecule has 30 heavy (non-hydrogen) atoms. The normalized spacial score (nSPS) is 16.1. The number of hydrogen-bond acceptors (Lipinski definition) is 5. The van der Waals surface area contributed by atoms with Gasteiger partial charge in [-0.05, 0) is 25.3 Å². The lowest BCUT2D eigenvalue weighted by Crippen LogP contribution is -2.38. The Labute approximate surface area is 174 Å². The van der Waals surface area contributed by atoms with E-state index in [0.29, 0.717) is 25.2 Å². The van der Waals surface area contributed by atoms with E-state index in [0.717, 1.165) is 24.1 Å². The van der Waals surface area contributed by atoms with Gasteiger partial charge in [0.15, 0.2) is 5.69 Å². The first-order chi connectivity index (χ1) is 14.5. The Morgan fingerprint density at radius 1 is 1.20 bits per heavy atom. The Balaban J connectivity index is 1.38. The van der Waals surface area contributed by atoms with Gasteiger partial charge in [0, 0.05) is 26.3 Å². The van der Waals surface area contributed by atoms with Crippen molar-refractivity contribution < 1.29 is 9.59 Å². The molecule has 1 atom stereocenters. The third kappa shape index (κ3) is 4.24. The fourth-order valence-electron chi connectivity index (χ4n) is 3.83. The molecule has 0 spiro atoms. The van der Waals surface area contributed by atoms with E-state index < -0.39 is 0 Å². The summed E-state index contributed by atoms with van der Waals surface area (Å²) in [6, 6.07) is 9.71. The summed E-state index contributed by atoms with van der Waals surface area (Å²) in [5.74, 6) is -0.278.